The van der Waals surface area contributed by atoms with E-state index in [2.05, 4.69) is 77.0 Å². The molecule has 5 aromatic rings. The second-order valence-corrected chi connectivity index (χ2v) is 6.06. The molecule has 3 heteroatoms. The summed E-state index contributed by atoms with van der Waals surface area (Å²) in [5, 5.41) is 8.05. The van der Waals surface area contributed by atoms with Crippen LogP contribution in [0, 0.1) is 0 Å². The van der Waals surface area contributed by atoms with Crippen molar-refractivity contribution < 1.29 is 0 Å². The number of benzene rings is 3. The first-order valence-corrected chi connectivity index (χ1v) is 8.28. The Bertz CT molecular complexity index is 1220. The first kappa shape index (κ1) is 13.9. The lowest BCUT2D eigenvalue weighted by molar-refractivity contribution is 1.36. The van der Waals surface area contributed by atoms with E-state index in [0.717, 1.165) is 33.3 Å². The molecule has 0 aliphatic rings. The first-order valence-electron chi connectivity index (χ1n) is 8.28. The quantitative estimate of drug-likeness (QED) is 0.425. The van der Waals surface area contributed by atoms with Crippen molar-refractivity contribution in [3.8, 4) is 0 Å². The van der Waals surface area contributed by atoms with Crippen LogP contribution in [0.25, 0.3) is 32.6 Å². The third-order valence-corrected chi connectivity index (χ3v) is 4.48. The molecule has 0 fully saturated rings. The van der Waals surface area contributed by atoms with E-state index in [4.69, 9.17) is 4.98 Å². The number of aromatic nitrogens is 2. The molecule has 0 unspecified atom stereocenters. The molecular formula is C22H15N3. The van der Waals surface area contributed by atoms with Gasteiger partial charge in [0.05, 0.1) is 11.0 Å². The molecule has 0 amide bonds. The van der Waals surface area contributed by atoms with Crippen molar-refractivity contribution in [2.75, 3.05) is 5.32 Å². The van der Waals surface area contributed by atoms with Gasteiger partial charge in [0, 0.05) is 28.0 Å². The number of fused-ring (bicyclic) bond motifs is 4. The highest BCUT2D eigenvalue weighted by Crippen LogP contribution is 2.28. The van der Waals surface area contributed by atoms with E-state index in [9.17, 15) is 0 Å². The van der Waals surface area contributed by atoms with E-state index in [0.29, 0.717) is 0 Å². The van der Waals surface area contributed by atoms with Gasteiger partial charge in [0.2, 0.25) is 0 Å². The lowest BCUT2D eigenvalue weighted by Crippen LogP contribution is -1.95. The molecule has 0 spiro atoms. The van der Waals surface area contributed by atoms with Crippen molar-refractivity contribution in [3.05, 3.63) is 85.1 Å². The second-order valence-electron chi connectivity index (χ2n) is 6.06. The maximum absolute atomic E-state index is 4.83. The van der Waals surface area contributed by atoms with Crippen LogP contribution in [0.3, 0.4) is 0 Å². The number of anilines is 2. The lowest BCUT2D eigenvalue weighted by atomic mass is 10.1. The molecule has 3 aromatic carbocycles. The highest BCUT2D eigenvalue weighted by atomic mass is 15.0. The van der Waals surface area contributed by atoms with Gasteiger partial charge in [-0.15, -0.1) is 0 Å². The molecule has 2 aromatic heterocycles. The van der Waals surface area contributed by atoms with Gasteiger partial charge in [0.15, 0.2) is 0 Å². The average molecular weight is 321 g/mol. The summed E-state index contributed by atoms with van der Waals surface area (Å²) >= 11 is 0. The SMILES string of the molecule is c1ccc2c(Nc3ccc4ccc5cccnc5c4n3)cccc2c1. The zero-order chi connectivity index (χ0) is 16.6. The van der Waals surface area contributed by atoms with Crippen molar-refractivity contribution in [3.63, 3.8) is 0 Å². The average Bonchev–Trinajstić information content (AvgIpc) is 2.68. The second kappa shape index (κ2) is 5.56. The van der Waals surface area contributed by atoms with Gasteiger partial charge in [-0.3, -0.25) is 4.98 Å². The summed E-state index contributed by atoms with van der Waals surface area (Å²) < 4.78 is 0. The van der Waals surface area contributed by atoms with E-state index < -0.39 is 0 Å². The van der Waals surface area contributed by atoms with Crippen molar-refractivity contribution in [1.29, 1.82) is 0 Å². The van der Waals surface area contributed by atoms with Crippen molar-refractivity contribution >= 4 is 44.1 Å². The topological polar surface area (TPSA) is 37.8 Å². The Balaban J connectivity index is 1.66. The number of hydrogen-bond acceptors (Lipinski definition) is 3. The monoisotopic (exact) mass is 321 g/mol. The molecule has 0 saturated heterocycles. The summed E-state index contributed by atoms with van der Waals surface area (Å²) in [6.45, 7) is 0. The van der Waals surface area contributed by atoms with Gasteiger partial charge < -0.3 is 5.32 Å². The minimum atomic E-state index is 0.821. The summed E-state index contributed by atoms with van der Waals surface area (Å²) in [6, 6.07) is 26.9. The van der Waals surface area contributed by atoms with Gasteiger partial charge in [-0.1, -0.05) is 54.6 Å². The third-order valence-electron chi connectivity index (χ3n) is 4.48. The highest BCUT2D eigenvalue weighted by molar-refractivity contribution is 6.03. The van der Waals surface area contributed by atoms with Crippen LogP contribution in [0.5, 0.6) is 0 Å². The molecular weight excluding hydrogens is 306 g/mol. The predicted octanol–water partition coefficient (Wildman–Crippen LogP) is 5.68. The highest BCUT2D eigenvalue weighted by Gasteiger charge is 2.06. The fourth-order valence-corrected chi connectivity index (χ4v) is 3.27. The molecule has 25 heavy (non-hydrogen) atoms. The Hall–Kier alpha value is -3.46. The summed E-state index contributed by atoms with van der Waals surface area (Å²) in [4.78, 5) is 9.35. The van der Waals surface area contributed by atoms with E-state index in [1.165, 1.54) is 10.8 Å². The Morgan fingerprint density at radius 1 is 0.600 bits per heavy atom. The maximum atomic E-state index is 4.83. The molecule has 3 nitrogen and oxygen atoms in total. The predicted molar refractivity (Wildman–Crippen MR) is 104 cm³/mol. The molecule has 2 heterocycles. The molecule has 0 radical (unpaired) electrons. The minimum absolute atomic E-state index is 0.821. The molecule has 0 saturated carbocycles. The van der Waals surface area contributed by atoms with Crippen LogP contribution in [0.2, 0.25) is 0 Å². The number of rotatable bonds is 2. The van der Waals surface area contributed by atoms with Crippen molar-refractivity contribution in [2.45, 2.75) is 0 Å². The molecule has 1 N–H and O–H groups in total. The number of hydrogen-bond donors (Lipinski definition) is 1. The maximum Gasteiger partial charge on any atom is 0.131 e. The molecule has 0 aliphatic heterocycles. The van der Waals surface area contributed by atoms with Crippen LogP contribution in [0.1, 0.15) is 0 Å². The van der Waals surface area contributed by atoms with Gasteiger partial charge in [0.1, 0.15) is 5.82 Å². The smallest absolute Gasteiger partial charge is 0.131 e. The fraction of sp³-hybridized carbons (Fsp3) is 0. The molecule has 118 valence electrons. The Morgan fingerprint density at radius 2 is 1.36 bits per heavy atom. The first-order chi connectivity index (χ1) is 12.4. The van der Waals surface area contributed by atoms with Crippen LogP contribution in [-0.4, -0.2) is 9.97 Å². The largest absolute Gasteiger partial charge is 0.340 e. The normalized spacial score (nSPS) is 11.2. The number of pyridine rings is 2. The fourth-order valence-electron chi connectivity index (χ4n) is 3.27. The zero-order valence-electron chi connectivity index (χ0n) is 13.5. The van der Waals surface area contributed by atoms with E-state index in [-0.39, 0.29) is 0 Å². The molecule has 0 bridgehead atoms. The molecule has 0 atom stereocenters. The summed E-state index contributed by atoms with van der Waals surface area (Å²) in [7, 11) is 0. The molecule has 5 rings (SSSR count). The zero-order valence-corrected chi connectivity index (χ0v) is 13.5. The van der Waals surface area contributed by atoms with Crippen LogP contribution in [0.15, 0.2) is 85.1 Å². The number of nitrogens with one attached hydrogen (secondary N) is 1. The number of nitrogens with zero attached hydrogens (tertiary/aromatic N) is 2. The van der Waals surface area contributed by atoms with Gasteiger partial charge in [0.25, 0.3) is 0 Å². The Kier molecular flexibility index (Phi) is 3.10. The Labute approximate surface area is 145 Å². The van der Waals surface area contributed by atoms with Crippen LogP contribution in [-0.2, 0) is 0 Å². The van der Waals surface area contributed by atoms with Crippen LogP contribution in [0.4, 0.5) is 11.5 Å². The van der Waals surface area contributed by atoms with Crippen LogP contribution < -0.4 is 5.32 Å². The Morgan fingerprint density at radius 3 is 2.32 bits per heavy atom. The van der Waals surface area contributed by atoms with E-state index in [1.807, 2.05) is 18.3 Å². The molecule has 0 aliphatic carbocycles. The van der Waals surface area contributed by atoms with Gasteiger partial charge in [-0.2, -0.15) is 0 Å². The summed E-state index contributed by atoms with van der Waals surface area (Å²) in [6.07, 6.45) is 1.81. The van der Waals surface area contributed by atoms with Gasteiger partial charge in [-0.25, -0.2) is 4.98 Å². The third kappa shape index (κ3) is 2.37. The standard InChI is InChI=1S/C22H15N3/c1-2-8-18-15(5-1)6-3-9-19(18)24-20-13-12-17-11-10-16-7-4-14-23-21(16)22(17)25-20/h1-14H,(H,24,25). The van der Waals surface area contributed by atoms with E-state index >= 15 is 0 Å². The van der Waals surface area contributed by atoms with Gasteiger partial charge >= 0.3 is 0 Å². The minimum Gasteiger partial charge on any atom is -0.340 e. The van der Waals surface area contributed by atoms with Crippen molar-refractivity contribution in [2.24, 2.45) is 0 Å². The van der Waals surface area contributed by atoms with Crippen LogP contribution >= 0.6 is 0 Å². The van der Waals surface area contributed by atoms with E-state index in [1.54, 1.807) is 0 Å². The van der Waals surface area contributed by atoms with Gasteiger partial charge in [-0.05, 0) is 29.7 Å². The van der Waals surface area contributed by atoms with Crippen molar-refractivity contribution in [1.82, 2.24) is 9.97 Å². The summed E-state index contributed by atoms with van der Waals surface area (Å²) in [5.74, 6) is 0.821. The lowest BCUT2D eigenvalue weighted by Gasteiger charge is -2.10. The summed E-state index contributed by atoms with van der Waals surface area (Å²) in [5.41, 5.74) is 2.91.